The third-order valence-corrected chi connectivity index (χ3v) is 8.00. The number of carbonyl (C=O) groups excluding carboxylic acids is 1. The summed E-state index contributed by atoms with van der Waals surface area (Å²) in [7, 11) is 1.69. The standard InChI is InChI=1S/C36H54N2O6/c1-7-8-9-12-25-14-17-29(32(19-25)41-6)33-20-27-15-16-28(21-31(27)44-33)43-24-26(23-39)13-10-11-18-42-34(40)30(36(4,5)38)22-35(2,3)37/h14-17,19-21,26,30,39H,7-13,18,22-24,37-38H2,1-6H3. The Kier molecular flexibility index (Phi) is 13.1. The van der Waals surface area contributed by atoms with Crippen LogP contribution in [0.2, 0.25) is 0 Å². The number of benzene rings is 2. The molecule has 44 heavy (non-hydrogen) atoms. The van der Waals surface area contributed by atoms with Gasteiger partial charge in [-0.1, -0.05) is 25.8 Å². The minimum atomic E-state index is -0.723. The number of unbranched alkanes of at least 4 members (excludes halogenated alkanes) is 3. The summed E-state index contributed by atoms with van der Waals surface area (Å²) in [6, 6.07) is 14.1. The summed E-state index contributed by atoms with van der Waals surface area (Å²) in [6.07, 6.45) is 7.30. The van der Waals surface area contributed by atoms with Crippen LogP contribution in [0.15, 0.2) is 46.9 Å². The minimum absolute atomic E-state index is 0.0101. The molecule has 8 heteroatoms. The molecular formula is C36H54N2O6. The molecule has 2 aromatic carbocycles. The van der Waals surface area contributed by atoms with E-state index < -0.39 is 17.0 Å². The van der Waals surface area contributed by atoms with Gasteiger partial charge in [-0.05, 0) is 102 Å². The van der Waals surface area contributed by atoms with E-state index in [0.717, 1.165) is 47.3 Å². The molecule has 0 aliphatic rings. The summed E-state index contributed by atoms with van der Waals surface area (Å²) in [5, 5.41) is 10.9. The van der Waals surface area contributed by atoms with E-state index in [1.165, 1.54) is 24.8 Å². The molecule has 0 amide bonds. The normalized spacial score (nSPS) is 13.6. The number of carbonyl (C=O) groups is 1. The Hall–Kier alpha value is -3.07. The van der Waals surface area contributed by atoms with Gasteiger partial charge in [0.05, 0.1) is 31.8 Å². The SMILES string of the molecule is CCCCCc1ccc(-c2cc3ccc(OCC(CO)CCCCOC(=O)C(CC(C)(C)N)C(C)(C)N)cc3o2)c(OC)c1. The Morgan fingerprint density at radius 3 is 2.43 bits per heavy atom. The summed E-state index contributed by atoms with van der Waals surface area (Å²) in [6.45, 7) is 10.3. The summed E-state index contributed by atoms with van der Waals surface area (Å²) in [5.41, 5.74) is 14.0. The molecule has 0 radical (unpaired) electrons. The quantitative estimate of drug-likeness (QED) is 0.0975. The van der Waals surface area contributed by atoms with Gasteiger partial charge in [0.1, 0.15) is 22.8 Å². The number of hydrogen-bond acceptors (Lipinski definition) is 8. The Morgan fingerprint density at radius 2 is 1.77 bits per heavy atom. The van der Waals surface area contributed by atoms with E-state index in [9.17, 15) is 9.90 Å². The van der Waals surface area contributed by atoms with Crippen LogP contribution in [0.25, 0.3) is 22.3 Å². The number of esters is 1. The number of nitrogens with two attached hydrogens (primary N) is 2. The lowest BCUT2D eigenvalue weighted by Gasteiger charge is -2.33. The van der Waals surface area contributed by atoms with Gasteiger partial charge in [-0.2, -0.15) is 0 Å². The monoisotopic (exact) mass is 610 g/mol. The van der Waals surface area contributed by atoms with Crippen molar-refractivity contribution in [3.8, 4) is 22.8 Å². The topological polar surface area (TPSA) is 130 Å². The van der Waals surface area contributed by atoms with Gasteiger partial charge in [-0.15, -0.1) is 0 Å². The van der Waals surface area contributed by atoms with E-state index in [-0.39, 0.29) is 18.5 Å². The van der Waals surface area contributed by atoms with Crippen molar-refractivity contribution in [1.82, 2.24) is 0 Å². The Balaban J connectivity index is 1.51. The Morgan fingerprint density at radius 1 is 1.00 bits per heavy atom. The lowest BCUT2D eigenvalue weighted by molar-refractivity contribution is -0.151. The Bertz CT molecular complexity index is 1320. The van der Waals surface area contributed by atoms with Crippen LogP contribution in [0.1, 0.15) is 85.1 Å². The maximum atomic E-state index is 12.7. The second-order valence-corrected chi connectivity index (χ2v) is 13.4. The predicted octanol–water partition coefficient (Wildman–Crippen LogP) is 7.02. The molecule has 0 saturated carbocycles. The zero-order chi connectivity index (χ0) is 32.3. The zero-order valence-corrected chi connectivity index (χ0v) is 27.6. The molecule has 0 bridgehead atoms. The molecule has 0 spiro atoms. The maximum absolute atomic E-state index is 12.7. The van der Waals surface area contributed by atoms with Crippen molar-refractivity contribution in [2.24, 2.45) is 23.3 Å². The average molecular weight is 611 g/mol. The molecule has 244 valence electrons. The van der Waals surface area contributed by atoms with Crippen LogP contribution in [0.4, 0.5) is 0 Å². The second-order valence-electron chi connectivity index (χ2n) is 13.4. The molecule has 3 aromatic rings. The van der Waals surface area contributed by atoms with Crippen molar-refractivity contribution in [2.45, 2.75) is 97.1 Å². The smallest absolute Gasteiger partial charge is 0.310 e. The lowest BCUT2D eigenvalue weighted by atomic mass is 9.80. The summed E-state index contributed by atoms with van der Waals surface area (Å²) in [5.74, 6) is 1.40. The summed E-state index contributed by atoms with van der Waals surface area (Å²) in [4.78, 5) is 12.7. The van der Waals surface area contributed by atoms with E-state index in [4.69, 9.17) is 30.1 Å². The van der Waals surface area contributed by atoms with Crippen LogP contribution >= 0.6 is 0 Å². The number of rotatable bonds is 19. The molecule has 0 saturated heterocycles. The number of ether oxygens (including phenoxy) is 3. The summed E-state index contributed by atoms with van der Waals surface area (Å²) >= 11 is 0. The van der Waals surface area contributed by atoms with Crippen LogP contribution < -0.4 is 20.9 Å². The average Bonchev–Trinajstić information content (AvgIpc) is 3.39. The maximum Gasteiger partial charge on any atom is 0.310 e. The first-order valence-corrected chi connectivity index (χ1v) is 16.0. The van der Waals surface area contributed by atoms with Crippen molar-refractivity contribution in [1.29, 1.82) is 0 Å². The second kappa shape index (κ2) is 16.3. The molecule has 2 atom stereocenters. The zero-order valence-electron chi connectivity index (χ0n) is 27.6. The molecule has 8 nitrogen and oxygen atoms in total. The fourth-order valence-corrected chi connectivity index (χ4v) is 5.33. The fraction of sp³-hybridized carbons (Fsp3) is 0.583. The Labute approximate surface area is 263 Å². The molecule has 0 fully saturated rings. The number of furan rings is 1. The molecule has 3 rings (SSSR count). The van der Waals surface area contributed by atoms with Crippen LogP contribution in [-0.4, -0.2) is 49.1 Å². The molecule has 1 heterocycles. The van der Waals surface area contributed by atoms with Gasteiger partial charge in [0.2, 0.25) is 0 Å². The van der Waals surface area contributed by atoms with Gasteiger partial charge in [0, 0.05) is 35.1 Å². The summed E-state index contributed by atoms with van der Waals surface area (Å²) < 4.78 is 23.5. The number of hydrogen-bond donors (Lipinski definition) is 3. The van der Waals surface area contributed by atoms with Crippen LogP contribution in [0.3, 0.4) is 0 Å². The number of aryl methyl sites for hydroxylation is 1. The number of aliphatic hydroxyl groups is 1. The van der Waals surface area contributed by atoms with E-state index in [1.807, 2.05) is 52.0 Å². The molecule has 1 aromatic heterocycles. The highest BCUT2D eigenvalue weighted by Gasteiger charge is 2.36. The van der Waals surface area contributed by atoms with E-state index in [1.54, 1.807) is 7.11 Å². The van der Waals surface area contributed by atoms with Gasteiger partial charge in [0.15, 0.2) is 0 Å². The lowest BCUT2D eigenvalue weighted by Crippen LogP contribution is -2.50. The van der Waals surface area contributed by atoms with Crippen LogP contribution in [0.5, 0.6) is 11.5 Å². The largest absolute Gasteiger partial charge is 0.496 e. The highest BCUT2D eigenvalue weighted by Crippen LogP contribution is 2.36. The van der Waals surface area contributed by atoms with Crippen LogP contribution in [-0.2, 0) is 16.0 Å². The van der Waals surface area contributed by atoms with Gasteiger partial charge in [0.25, 0.3) is 0 Å². The third kappa shape index (κ3) is 10.8. The fourth-order valence-electron chi connectivity index (χ4n) is 5.33. The molecular weight excluding hydrogens is 556 g/mol. The highest BCUT2D eigenvalue weighted by molar-refractivity contribution is 5.85. The highest BCUT2D eigenvalue weighted by atomic mass is 16.5. The first-order valence-electron chi connectivity index (χ1n) is 16.0. The van der Waals surface area contributed by atoms with Crippen molar-refractivity contribution in [3.63, 3.8) is 0 Å². The van der Waals surface area contributed by atoms with Crippen molar-refractivity contribution in [3.05, 3.63) is 48.0 Å². The molecule has 0 aliphatic carbocycles. The van der Waals surface area contributed by atoms with Crippen molar-refractivity contribution >= 4 is 16.9 Å². The van der Waals surface area contributed by atoms with Crippen molar-refractivity contribution < 1.29 is 28.5 Å². The van der Waals surface area contributed by atoms with Crippen molar-refractivity contribution in [2.75, 3.05) is 26.9 Å². The van der Waals surface area contributed by atoms with E-state index >= 15 is 0 Å². The molecule has 2 unspecified atom stereocenters. The van der Waals surface area contributed by atoms with E-state index in [0.29, 0.717) is 31.8 Å². The minimum Gasteiger partial charge on any atom is -0.496 e. The number of methoxy groups -OCH3 is 1. The first kappa shape index (κ1) is 35.4. The van der Waals surface area contributed by atoms with E-state index in [2.05, 4.69) is 25.1 Å². The molecule has 0 aliphatic heterocycles. The van der Waals surface area contributed by atoms with Crippen LogP contribution in [0, 0.1) is 11.8 Å². The first-order chi connectivity index (χ1) is 20.8. The van der Waals surface area contributed by atoms with Gasteiger partial charge < -0.3 is 35.2 Å². The predicted molar refractivity (Wildman–Crippen MR) is 177 cm³/mol. The van der Waals surface area contributed by atoms with Gasteiger partial charge in [-0.25, -0.2) is 0 Å². The number of fused-ring (bicyclic) bond motifs is 1. The van der Waals surface area contributed by atoms with Gasteiger partial charge >= 0.3 is 5.97 Å². The molecule has 5 N–H and O–H groups in total. The number of aliphatic hydroxyl groups excluding tert-OH is 1. The van der Waals surface area contributed by atoms with Gasteiger partial charge in [-0.3, -0.25) is 4.79 Å². The third-order valence-electron chi connectivity index (χ3n) is 8.00.